The molecule has 0 bridgehead atoms. The third kappa shape index (κ3) is 4.04. The zero-order chi connectivity index (χ0) is 21.8. The van der Waals surface area contributed by atoms with Crippen LogP contribution in [0.1, 0.15) is 32.8 Å². The van der Waals surface area contributed by atoms with E-state index in [1.807, 2.05) is 0 Å². The van der Waals surface area contributed by atoms with Gasteiger partial charge in [-0.25, -0.2) is 19.1 Å². The topological polar surface area (TPSA) is 114 Å². The first-order valence-corrected chi connectivity index (χ1v) is 9.29. The molecule has 0 aliphatic heterocycles. The van der Waals surface area contributed by atoms with E-state index < -0.39 is 18.0 Å². The first kappa shape index (κ1) is 20.0. The van der Waals surface area contributed by atoms with Gasteiger partial charge in [-0.05, 0) is 19.1 Å². The monoisotopic (exact) mass is 418 g/mol. The molecular weight excluding hydrogens is 400 g/mol. The van der Waals surface area contributed by atoms with Gasteiger partial charge < -0.3 is 9.47 Å². The molecule has 1 atom stereocenters. The van der Waals surface area contributed by atoms with Crippen LogP contribution in [0.5, 0.6) is 5.75 Å². The number of Topliss-reactive ketones (excluding diaryl/α,β-unsaturated/α-hetero) is 1. The van der Waals surface area contributed by atoms with E-state index in [2.05, 4.69) is 20.4 Å². The Morgan fingerprint density at radius 1 is 1.06 bits per heavy atom. The predicted octanol–water partition coefficient (Wildman–Crippen LogP) is 2.41. The minimum Gasteiger partial charge on any atom is -0.497 e. The molecule has 0 aliphatic rings. The van der Waals surface area contributed by atoms with Gasteiger partial charge >= 0.3 is 5.97 Å². The van der Waals surface area contributed by atoms with Gasteiger partial charge in [0.1, 0.15) is 18.4 Å². The maximum Gasteiger partial charge on any atom is 0.363 e. The van der Waals surface area contributed by atoms with Gasteiger partial charge in [-0.1, -0.05) is 41.6 Å². The molecule has 0 saturated heterocycles. The molecule has 156 valence electrons. The standard InChI is InChI=1S/C21H18N6O4/c1-14-18(24-25-27(14)16-9-6-10-17(11-16)30-2)21(29)31-20(26-13-22-12-23-26)19(28)15-7-4-3-5-8-15/h3-13,20H,1-2H3/t20-/m1/s1. The number of methoxy groups -OCH3 is 1. The summed E-state index contributed by atoms with van der Waals surface area (Å²) in [5, 5.41) is 12.0. The summed E-state index contributed by atoms with van der Waals surface area (Å²) in [5.41, 5.74) is 1.46. The molecule has 0 fully saturated rings. The van der Waals surface area contributed by atoms with Crippen molar-refractivity contribution < 1.29 is 19.1 Å². The molecule has 4 aromatic rings. The van der Waals surface area contributed by atoms with Gasteiger partial charge in [0.05, 0.1) is 18.5 Å². The summed E-state index contributed by atoms with van der Waals surface area (Å²) in [6.45, 7) is 1.68. The molecule has 0 unspecified atom stereocenters. The Morgan fingerprint density at radius 3 is 2.58 bits per heavy atom. The van der Waals surface area contributed by atoms with Crippen LogP contribution in [0.4, 0.5) is 0 Å². The molecule has 0 aliphatic carbocycles. The molecule has 10 heteroatoms. The van der Waals surface area contributed by atoms with Crippen molar-refractivity contribution in [3.8, 4) is 11.4 Å². The lowest BCUT2D eigenvalue weighted by Gasteiger charge is -2.16. The summed E-state index contributed by atoms with van der Waals surface area (Å²) < 4.78 is 13.4. The molecule has 0 N–H and O–H groups in total. The lowest BCUT2D eigenvalue weighted by Crippen LogP contribution is -2.26. The van der Waals surface area contributed by atoms with Crippen molar-refractivity contribution in [3.05, 3.63) is 84.2 Å². The number of hydrogen-bond donors (Lipinski definition) is 0. The molecule has 31 heavy (non-hydrogen) atoms. The average molecular weight is 418 g/mol. The number of nitrogens with zero attached hydrogens (tertiary/aromatic N) is 6. The molecule has 0 amide bonds. The summed E-state index contributed by atoms with van der Waals surface area (Å²) in [6, 6.07) is 15.6. The Kier molecular flexibility index (Phi) is 5.52. The minimum atomic E-state index is -1.33. The van der Waals surface area contributed by atoms with Crippen LogP contribution in [0.25, 0.3) is 5.69 Å². The highest BCUT2D eigenvalue weighted by Crippen LogP contribution is 2.21. The number of ether oxygens (including phenoxy) is 2. The van der Waals surface area contributed by atoms with Crippen LogP contribution in [0.2, 0.25) is 0 Å². The van der Waals surface area contributed by atoms with Gasteiger partial charge in [-0.3, -0.25) is 4.79 Å². The number of aromatic nitrogens is 6. The fourth-order valence-corrected chi connectivity index (χ4v) is 2.97. The SMILES string of the molecule is COc1cccc(-n2nnc(C(=O)O[C@H](C(=O)c3ccccc3)n3cncn3)c2C)c1. The summed E-state index contributed by atoms with van der Waals surface area (Å²) in [5.74, 6) is -0.620. The van der Waals surface area contributed by atoms with E-state index in [9.17, 15) is 9.59 Å². The van der Waals surface area contributed by atoms with Crippen LogP contribution in [-0.2, 0) is 4.74 Å². The number of esters is 1. The van der Waals surface area contributed by atoms with E-state index in [4.69, 9.17) is 9.47 Å². The molecule has 4 rings (SSSR count). The van der Waals surface area contributed by atoms with Crippen molar-refractivity contribution in [2.75, 3.05) is 7.11 Å². The number of rotatable bonds is 7. The summed E-state index contributed by atoms with van der Waals surface area (Å²) >= 11 is 0. The van der Waals surface area contributed by atoms with E-state index in [-0.39, 0.29) is 5.69 Å². The quantitative estimate of drug-likeness (QED) is 0.332. The maximum atomic E-state index is 13.0. The zero-order valence-electron chi connectivity index (χ0n) is 16.7. The second-order valence-electron chi connectivity index (χ2n) is 6.50. The van der Waals surface area contributed by atoms with Crippen LogP contribution in [-0.4, -0.2) is 48.6 Å². The Hall–Kier alpha value is -4.34. The van der Waals surface area contributed by atoms with Crippen molar-refractivity contribution in [1.82, 2.24) is 29.8 Å². The molecule has 2 aromatic heterocycles. The lowest BCUT2D eigenvalue weighted by atomic mass is 10.1. The highest BCUT2D eigenvalue weighted by atomic mass is 16.6. The second kappa shape index (κ2) is 8.57. The minimum absolute atomic E-state index is 0.0196. The van der Waals surface area contributed by atoms with Crippen LogP contribution >= 0.6 is 0 Å². The number of hydrogen-bond acceptors (Lipinski definition) is 8. The van der Waals surface area contributed by atoms with Gasteiger partial charge in [0.2, 0.25) is 5.78 Å². The van der Waals surface area contributed by atoms with Gasteiger partial charge in [0, 0.05) is 11.6 Å². The van der Waals surface area contributed by atoms with E-state index in [1.165, 1.54) is 22.0 Å². The summed E-state index contributed by atoms with van der Waals surface area (Å²) in [4.78, 5) is 29.7. The van der Waals surface area contributed by atoms with Gasteiger partial charge in [0.25, 0.3) is 6.23 Å². The van der Waals surface area contributed by atoms with E-state index in [1.54, 1.807) is 68.6 Å². The largest absolute Gasteiger partial charge is 0.497 e. The van der Waals surface area contributed by atoms with E-state index in [0.29, 0.717) is 22.7 Å². The van der Waals surface area contributed by atoms with Crippen molar-refractivity contribution in [3.63, 3.8) is 0 Å². The molecule has 0 saturated carbocycles. The lowest BCUT2D eigenvalue weighted by molar-refractivity contribution is 0.00738. The zero-order valence-corrected chi connectivity index (χ0v) is 16.7. The van der Waals surface area contributed by atoms with Gasteiger partial charge in [-0.2, -0.15) is 5.10 Å². The maximum absolute atomic E-state index is 13.0. The fourth-order valence-electron chi connectivity index (χ4n) is 2.97. The highest BCUT2D eigenvalue weighted by Gasteiger charge is 2.29. The normalized spacial score (nSPS) is 11.7. The highest BCUT2D eigenvalue weighted by molar-refractivity contribution is 6.00. The Bertz CT molecular complexity index is 1200. The summed E-state index contributed by atoms with van der Waals surface area (Å²) in [7, 11) is 1.56. The number of ketones is 1. The van der Waals surface area contributed by atoms with Gasteiger partial charge in [-0.15, -0.1) is 5.10 Å². The van der Waals surface area contributed by atoms with Crippen LogP contribution in [0.3, 0.4) is 0 Å². The fraction of sp³-hybridized carbons (Fsp3) is 0.143. The van der Waals surface area contributed by atoms with E-state index in [0.717, 1.165) is 0 Å². The van der Waals surface area contributed by atoms with Crippen molar-refractivity contribution in [1.29, 1.82) is 0 Å². The van der Waals surface area contributed by atoms with Crippen molar-refractivity contribution in [2.45, 2.75) is 13.2 Å². The Balaban J connectivity index is 1.62. The van der Waals surface area contributed by atoms with Crippen molar-refractivity contribution in [2.24, 2.45) is 0 Å². The van der Waals surface area contributed by atoms with E-state index >= 15 is 0 Å². The molecule has 2 heterocycles. The second-order valence-corrected chi connectivity index (χ2v) is 6.50. The van der Waals surface area contributed by atoms with Crippen LogP contribution in [0, 0.1) is 6.92 Å². The number of benzene rings is 2. The third-order valence-corrected chi connectivity index (χ3v) is 4.56. The average Bonchev–Trinajstić information content (AvgIpc) is 3.47. The molecule has 2 aromatic carbocycles. The number of carbonyl (C=O) groups excluding carboxylic acids is 2. The van der Waals surface area contributed by atoms with Crippen LogP contribution in [0.15, 0.2) is 67.3 Å². The predicted molar refractivity (Wildman–Crippen MR) is 108 cm³/mol. The first-order valence-electron chi connectivity index (χ1n) is 9.29. The van der Waals surface area contributed by atoms with Crippen LogP contribution < -0.4 is 4.74 Å². The molecule has 10 nitrogen and oxygen atoms in total. The smallest absolute Gasteiger partial charge is 0.363 e. The Labute approximate surface area is 177 Å². The van der Waals surface area contributed by atoms with Gasteiger partial charge in [0.15, 0.2) is 5.69 Å². The Morgan fingerprint density at radius 2 is 1.87 bits per heavy atom. The molecule has 0 radical (unpaired) electrons. The van der Waals surface area contributed by atoms with Crippen molar-refractivity contribution >= 4 is 11.8 Å². The molecular formula is C21H18N6O4. The third-order valence-electron chi connectivity index (χ3n) is 4.56. The number of carbonyl (C=O) groups is 2. The first-order chi connectivity index (χ1) is 15.1. The molecule has 0 spiro atoms. The summed E-state index contributed by atoms with van der Waals surface area (Å²) in [6.07, 6.45) is 1.22.